The molecular weight excluding hydrogens is 605 g/mol. The molecule has 2 amide bonds. The van der Waals surface area contributed by atoms with Crippen LogP contribution in [0.3, 0.4) is 0 Å². The fourth-order valence-corrected chi connectivity index (χ4v) is 6.30. The van der Waals surface area contributed by atoms with Gasteiger partial charge in [0.1, 0.15) is 41.2 Å². The molecule has 0 spiro atoms. The number of carbonyl (C=O) groups is 3. The van der Waals surface area contributed by atoms with Crippen molar-refractivity contribution in [2.75, 3.05) is 5.32 Å². The first kappa shape index (κ1) is 28.1. The van der Waals surface area contributed by atoms with E-state index in [4.69, 9.17) is 0 Å². The summed E-state index contributed by atoms with van der Waals surface area (Å²) in [5.41, 5.74) is 2.78. The SMILES string of the molecule is CC(=O)c1nn(CC(=O)N2C(C(=O)Nc3nc(Br)ccc3C)CC3(C)CC23)c2c(CF)cc(-c3cnc(C)nc3)cc12. The van der Waals surface area contributed by atoms with E-state index in [0.717, 1.165) is 12.0 Å². The summed E-state index contributed by atoms with van der Waals surface area (Å²) >= 11 is 3.34. The number of hydrogen-bond donors (Lipinski definition) is 1. The number of pyridine rings is 1. The van der Waals surface area contributed by atoms with Crippen molar-refractivity contribution < 1.29 is 18.8 Å². The van der Waals surface area contributed by atoms with Gasteiger partial charge in [-0.1, -0.05) is 13.0 Å². The molecule has 6 rings (SSSR count). The van der Waals surface area contributed by atoms with Crippen molar-refractivity contribution in [1.82, 2.24) is 29.6 Å². The Morgan fingerprint density at radius 3 is 2.55 bits per heavy atom. The van der Waals surface area contributed by atoms with E-state index in [-0.39, 0.29) is 41.3 Å². The second-order valence-corrected chi connectivity index (χ2v) is 12.2. The molecule has 42 heavy (non-hydrogen) atoms. The third-order valence-corrected chi connectivity index (χ3v) is 8.77. The van der Waals surface area contributed by atoms with E-state index in [1.165, 1.54) is 11.6 Å². The Kier molecular flexibility index (Phi) is 6.91. The molecule has 12 heteroatoms. The normalized spacial score (nSPS) is 21.0. The van der Waals surface area contributed by atoms with Gasteiger partial charge in [0.05, 0.1) is 5.52 Å². The van der Waals surface area contributed by atoms with Gasteiger partial charge >= 0.3 is 0 Å². The number of carbonyl (C=O) groups excluding carboxylic acids is 3. The Bertz CT molecular complexity index is 1770. The van der Waals surface area contributed by atoms with Gasteiger partial charge in [-0.3, -0.25) is 19.1 Å². The smallest absolute Gasteiger partial charge is 0.248 e. The second-order valence-electron chi connectivity index (χ2n) is 11.4. The molecule has 1 aliphatic heterocycles. The molecule has 0 bridgehead atoms. The van der Waals surface area contributed by atoms with Gasteiger partial charge in [0, 0.05) is 41.9 Å². The molecule has 1 saturated heterocycles. The Balaban J connectivity index is 1.34. The van der Waals surface area contributed by atoms with Gasteiger partial charge in [-0.15, -0.1) is 0 Å². The first-order chi connectivity index (χ1) is 20.0. The molecule has 1 N–H and O–H groups in total. The molecule has 3 unspecified atom stereocenters. The number of alkyl halides is 1. The molecule has 4 aromatic rings. The highest BCUT2D eigenvalue weighted by atomic mass is 79.9. The van der Waals surface area contributed by atoms with Crippen molar-refractivity contribution in [3.63, 3.8) is 0 Å². The number of nitrogens with zero attached hydrogens (tertiary/aromatic N) is 6. The lowest BCUT2D eigenvalue weighted by atomic mass is 10.0. The van der Waals surface area contributed by atoms with E-state index in [1.54, 1.807) is 42.4 Å². The molecule has 10 nitrogen and oxygen atoms in total. The molecule has 0 radical (unpaired) electrons. The summed E-state index contributed by atoms with van der Waals surface area (Å²) < 4.78 is 16.5. The topological polar surface area (TPSA) is 123 Å². The minimum absolute atomic E-state index is 0.0831. The van der Waals surface area contributed by atoms with E-state index in [2.05, 4.69) is 48.2 Å². The van der Waals surface area contributed by atoms with E-state index < -0.39 is 12.7 Å². The Labute approximate surface area is 249 Å². The standard InChI is InChI=1S/C30H29BrFN7O3/c1-15-5-6-24(31)35-28(15)36-29(42)22-9-30(4)10-23(30)39(22)25(41)14-38-27-19(11-32)7-18(20-12-33-17(3)34-13-20)8-21(27)26(37-38)16(2)40/h5-8,12-13,22-23H,9-11,14H2,1-4H3,(H,35,36,42). The summed E-state index contributed by atoms with van der Waals surface area (Å²) in [7, 11) is 0. The summed E-state index contributed by atoms with van der Waals surface area (Å²) in [5, 5.41) is 7.82. The average Bonchev–Trinajstić information content (AvgIpc) is 3.31. The number of aryl methyl sites for hydroxylation is 2. The van der Waals surface area contributed by atoms with Crippen LogP contribution in [-0.2, 0) is 22.8 Å². The highest BCUT2D eigenvalue weighted by Crippen LogP contribution is 2.59. The van der Waals surface area contributed by atoms with Crippen molar-refractivity contribution in [1.29, 1.82) is 0 Å². The van der Waals surface area contributed by atoms with Crippen molar-refractivity contribution >= 4 is 50.2 Å². The lowest BCUT2D eigenvalue weighted by Gasteiger charge is -2.27. The van der Waals surface area contributed by atoms with E-state index in [0.29, 0.717) is 50.3 Å². The zero-order valence-corrected chi connectivity index (χ0v) is 25.2. The molecule has 2 fully saturated rings. The maximum absolute atomic E-state index is 14.5. The number of aromatic nitrogens is 5. The summed E-state index contributed by atoms with van der Waals surface area (Å²) in [6.45, 7) is 6.01. The molecule has 4 heterocycles. The number of hydrogen-bond acceptors (Lipinski definition) is 7. The first-order valence-corrected chi connectivity index (χ1v) is 14.4. The van der Waals surface area contributed by atoms with Gasteiger partial charge in [0.15, 0.2) is 5.78 Å². The quantitative estimate of drug-likeness (QED) is 0.225. The highest BCUT2D eigenvalue weighted by Gasteiger charge is 2.64. The lowest BCUT2D eigenvalue weighted by molar-refractivity contribution is -0.138. The number of Topliss-reactive ketones (excluding diaryl/α,β-unsaturated/α-hetero) is 1. The van der Waals surface area contributed by atoms with Gasteiger partial charge in [-0.25, -0.2) is 19.3 Å². The van der Waals surface area contributed by atoms with Crippen molar-refractivity contribution in [3.8, 4) is 11.1 Å². The zero-order valence-electron chi connectivity index (χ0n) is 23.6. The molecule has 1 aliphatic carbocycles. The fraction of sp³-hybridized carbons (Fsp3) is 0.367. The van der Waals surface area contributed by atoms with Crippen LogP contribution in [0, 0.1) is 19.3 Å². The molecule has 1 saturated carbocycles. The maximum Gasteiger partial charge on any atom is 0.248 e. The van der Waals surface area contributed by atoms with Crippen LogP contribution < -0.4 is 5.32 Å². The van der Waals surface area contributed by atoms with Gasteiger partial charge in [0.25, 0.3) is 0 Å². The molecular formula is C30H29BrFN7O3. The molecule has 216 valence electrons. The van der Waals surface area contributed by atoms with Gasteiger partial charge in [-0.05, 0) is 77.4 Å². The Morgan fingerprint density at radius 1 is 1.12 bits per heavy atom. The number of anilines is 1. The van der Waals surface area contributed by atoms with Gasteiger partial charge in [-0.2, -0.15) is 5.10 Å². The predicted molar refractivity (Wildman–Crippen MR) is 157 cm³/mol. The van der Waals surface area contributed by atoms with E-state index in [9.17, 15) is 18.8 Å². The van der Waals surface area contributed by atoms with Crippen LogP contribution in [0.25, 0.3) is 22.0 Å². The van der Waals surface area contributed by atoms with Crippen molar-refractivity contribution in [2.24, 2.45) is 5.41 Å². The number of rotatable bonds is 7. The number of piperidine rings is 1. The molecule has 2 aliphatic rings. The largest absolute Gasteiger partial charge is 0.325 e. The third kappa shape index (κ3) is 4.87. The highest BCUT2D eigenvalue weighted by molar-refractivity contribution is 9.10. The monoisotopic (exact) mass is 633 g/mol. The van der Waals surface area contributed by atoms with Crippen LogP contribution in [0.2, 0.25) is 0 Å². The number of ketones is 1. The number of fused-ring (bicyclic) bond motifs is 2. The van der Waals surface area contributed by atoms with Crippen LogP contribution in [0.5, 0.6) is 0 Å². The Morgan fingerprint density at radius 2 is 1.86 bits per heavy atom. The minimum Gasteiger partial charge on any atom is -0.325 e. The van der Waals surface area contributed by atoms with E-state index >= 15 is 0 Å². The Hall–Kier alpha value is -4.06. The fourth-order valence-electron chi connectivity index (χ4n) is 5.99. The zero-order chi connectivity index (χ0) is 29.9. The molecule has 3 atom stereocenters. The van der Waals surface area contributed by atoms with Crippen LogP contribution in [0.1, 0.15) is 54.1 Å². The minimum atomic E-state index is -0.831. The summed E-state index contributed by atoms with van der Waals surface area (Å²) in [4.78, 5) is 54.4. The molecule has 3 aromatic heterocycles. The third-order valence-electron chi connectivity index (χ3n) is 8.33. The van der Waals surface area contributed by atoms with Crippen LogP contribution >= 0.6 is 15.9 Å². The lowest BCUT2D eigenvalue weighted by Crippen LogP contribution is -2.47. The average molecular weight is 635 g/mol. The summed E-state index contributed by atoms with van der Waals surface area (Å²) in [6, 6.07) is 6.28. The van der Waals surface area contributed by atoms with Crippen LogP contribution in [-0.4, -0.2) is 59.3 Å². The maximum atomic E-state index is 14.5. The molecule has 1 aromatic carbocycles. The number of amides is 2. The number of likely N-dealkylation sites (tertiary alicyclic amines) is 1. The van der Waals surface area contributed by atoms with Gasteiger partial charge in [0.2, 0.25) is 11.8 Å². The van der Waals surface area contributed by atoms with Crippen molar-refractivity contribution in [2.45, 2.75) is 65.8 Å². The summed E-state index contributed by atoms with van der Waals surface area (Å²) in [6.07, 6.45) is 4.61. The van der Waals surface area contributed by atoms with Crippen LogP contribution in [0.15, 0.2) is 41.3 Å². The first-order valence-electron chi connectivity index (χ1n) is 13.6. The second kappa shape index (κ2) is 10.3. The number of benzene rings is 1. The predicted octanol–water partition coefficient (Wildman–Crippen LogP) is 4.96. The number of nitrogens with one attached hydrogen (secondary N) is 1. The number of halogens is 2. The summed E-state index contributed by atoms with van der Waals surface area (Å²) in [5.74, 6) is 0.0951. The van der Waals surface area contributed by atoms with Crippen LogP contribution in [0.4, 0.5) is 10.2 Å². The van der Waals surface area contributed by atoms with Crippen molar-refractivity contribution in [3.05, 3.63) is 63.9 Å². The van der Waals surface area contributed by atoms with E-state index in [1.807, 2.05) is 13.0 Å². The van der Waals surface area contributed by atoms with Gasteiger partial charge < -0.3 is 10.2 Å².